The van der Waals surface area contributed by atoms with Gasteiger partial charge in [0.15, 0.2) is 0 Å². The summed E-state index contributed by atoms with van der Waals surface area (Å²) < 4.78 is 5.02. The molecular weight excluding hydrogens is 162 g/mol. The number of likely N-dealkylation sites (N-methyl/N-ethyl adjacent to an activating group) is 1. The number of nitrogens with zero attached hydrogens (tertiary/aromatic N) is 1. The van der Waals surface area contributed by atoms with E-state index in [-0.39, 0.29) is 0 Å². The third-order valence-electron chi connectivity index (χ3n) is 2.25. The van der Waals surface area contributed by atoms with E-state index >= 15 is 0 Å². The average Bonchev–Trinajstić information content (AvgIpc) is 2.08. The molecule has 0 saturated heterocycles. The molecule has 0 aliphatic rings. The molecule has 0 bridgehead atoms. The highest BCUT2D eigenvalue weighted by Crippen LogP contribution is 2.06. The van der Waals surface area contributed by atoms with Crippen molar-refractivity contribution in [2.45, 2.75) is 33.1 Å². The lowest BCUT2D eigenvalue weighted by Crippen LogP contribution is -2.23. The van der Waals surface area contributed by atoms with E-state index in [4.69, 9.17) is 4.74 Å². The van der Waals surface area contributed by atoms with E-state index < -0.39 is 0 Å². The summed E-state index contributed by atoms with van der Waals surface area (Å²) in [6.07, 6.45) is 4.03. The fourth-order valence-electron chi connectivity index (χ4n) is 1.29. The van der Waals surface area contributed by atoms with Crippen LogP contribution in [0.1, 0.15) is 33.1 Å². The van der Waals surface area contributed by atoms with Gasteiger partial charge in [0.1, 0.15) is 0 Å². The normalized spacial score (nSPS) is 11.5. The Bertz CT molecular complexity index is 104. The average molecular weight is 187 g/mol. The van der Waals surface area contributed by atoms with Crippen molar-refractivity contribution in [3.05, 3.63) is 0 Å². The molecule has 0 aliphatic carbocycles. The molecule has 80 valence electrons. The quantitative estimate of drug-likeness (QED) is 0.541. The molecule has 0 N–H and O–H groups in total. The molecule has 0 rings (SSSR count). The number of ether oxygens (including phenoxy) is 1. The first-order valence-electron chi connectivity index (χ1n) is 5.34. The zero-order valence-corrected chi connectivity index (χ0v) is 9.68. The van der Waals surface area contributed by atoms with Gasteiger partial charge in [-0.3, -0.25) is 0 Å². The van der Waals surface area contributed by atoms with Crippen molar-refractivity contribution in [3.8, 4) is 0 Å². The molecule has 0 unspecified atom stereocenters. The molecule has 0 amide bonds. The van der Waals surface area contributed by atoms with E-state index in [9.17, 15) is 0 Å². The Morgan fingerprint density at radius 2 is 1.85 bits per heavy atom. The van der Waals surface area contributed by atoms with Crippen LogP contribution in [0.3, 0.4) is 0 Å². The molecule has 0 aliphatic heterocycles. The van der Waals surface area contributed by atoms with Crippen LogP contribution >= 0.6 is 0 Å². The third-order valence-corrected chi connectivity index (χ3v) is 2.25. The standard InChI is InChI=1S/C11H25NO/c1-11(2)7-5-6-8-12(3)9-10-13-4/h11H,5-10H2,1-4H3. The van der Waals surface area contributed by atoms with E-state index in [1.165, 1.54) is 25.8 Å². The fourth-order valence-corrected chi connectivity index (χ4v) is 1.29. The fraction of sp³-hybridized carbons (Fsp3) is 1.00. The lowest BCUT2D eigenvalue weighted by atomic mass is 10.1. The highest BCUT2D eigenvalue weighted by atomic mass is 16.5. The molecule has 0 aromatic rings. The summed E-state index contributed by atoms with van der Waals surface area (Å²) in [5, 5.41) is 0. The van der Waals surface area contributed by atoms with Gasteiger partial charge in [-0.05, 0) is 25.9 Å². The number of rotatable bonds is 8. The zero-order valence-electron chi connectivity index (χ0n) is 9.68. The first-order chi connectivity index (χ1) is 6.16. The Kier molecular flexibility index (Phi) is 8.46. The molecule has 13 heavy (non-hydrogen) atoms. The molecule has 0 aromatic carbocycles. The van der Waals surface area contributed by atoms with Crippen molar-refractivity contribution in [2.24, 2.45) is 5.92 Å². The van der Waals surface area contributed by atoms with Crippen molar-refractivity contribution in [1.82, 2.24) is 4.90 Å². The maximum absolute atomic E-state index is 5.02. The van der Waals surface area contributed by atoms with Crippen LogP contribution in [-0.4, -0.2) is 38.8 Å². The molecule has 0 heterocycles. The first-order valence-corrected chi connectivity index (χ1v) is 5.34. The second-order valence-corrected chi connectivity index (χ2v) is 4.19. The number of hydrogen-bond donors (Lipinski definition) is 0. The van der Waals surface area contributed by atoms with Gasteiger partial charge in [-0.2, -0.15) is 0 Å². The van der Waals surface area contributed by atoms with Gasteiger partial charge >= 0.3 is 0 Å². The summed E-state index contributed by atoms with van der Waals surface area (Å²) in [6.45, 7) is 7.68. The predicted molar refractivity (Wildman–Crippen MR) is 58.1 cm³/mol. The largest absolute Gasteiger partial charge is 0.383 e. The zero-order chi connectivity index (χ0) is 10.1. The monoisotopic (exact) mass is 187 g/mol. The minimum atomic E-state index is 0.848. The van der Waals surface area contributed by atoms with Gasteiger partial charge in [-0.15, -0.1) is 0 Å². The molecule has 2 heteroatoms. The summed E-state index contributed by atoms with van der Waals surface area (Å²) in [7, 11) is 3.92. The van der Waals surface area contributed by atoms with E-state index in [0.717, 1.165) is 19.1 Å². The summed E-state index contributed by atoms with van der Waals surface area (Å²) in [6, 6.07) is 0. The summed E-state index contributed by atoms with van der Waals surface area (Å²) >= 11 is 0. The minimum absolute atomic E-state index is 0.848. The van der Waals surface area contributed by atoms with E-state index in [1.807, 2.05) is 0 Å². The van der Waals surface area contributed by atoms with Crippen LogP contribution in [-0.2, 0) is 4.74 Å². The van der Waals surface area contributed by atoms with Crippen LogP contribution < -0.4 is 0 Å². The lowest BCUT2D eigenvalue weighted by Gasteiger charge is -2.15. The maximum Gasteiger partial charge on any atom is 0.0589 e. The van der Waals surface area contributed by atoms with Crippen molar-refractivity contribution in [2.75, 3.05) is 33.9 Å². The highest BCUT2D eigenvalue weighted by molar-refractivity contribution is 4.52. The molecular formula is C11H25NO. The molecule has 0 saturated carbocycles. The Labute approximate surface area is 83.3 Å². The predicted octanol–water partition coefficient (Wildman–Crippen LogP) is 2.39. The Morgan fingerprint density at radius 1 is 1.15 bits per heavy atom. The van der Waals surface area contributed by atoms with Crippen molar-refractivity contribution >= 4 is 0 Å². The molecule has 0 spiro atoms. The number of methoxy groups -OCH3 is 1. The van der Waals surface area contributed by atoms with Crippen LogP contribution in [0.2, 0.25) is 0 Å². The number of unbranched alkanes of at least 4 members (excludes halogenated alkanes) is 1. The van der Waals surface area contributed by atoms with Crippen LogP contribution in [0.25, 0.3) is 0 Å². The third kappa shape index (κ3) is 9.84. The highest BCUT2D eigenvalue weighted by Gasteiger charge is 1.98. The Hall–Kier alpha value is -0.0800. The van der Waals surface area contributed by atoms with Crippen LogP contribution in [0.15, 0.2) is 0 Å². The van der Waals surface area contributed by atoms with Gasteiger partial charge in [-0.25, -0.2) is 0 Å². The Balaban J connectivity index is 3.12. The summed E-state index contributed by atoms with van der Waals surface area (Å²) in [4.78, 5) is 2.34. The van der Waals surface area contributed by atoms with Gasteiger partial charge in [0.05, 0.1) is 6.61 Å². The summed E-state index contributed by atoms with van der Waals surface area (Å²) in [5.74, 6) is 0.851. The van der Waals surface area contributed by atoms with Gasteiger partial charge in [0, 0.05) is 13.7 Å². The van der Waals surface area contributed by atoms with Crippen LogP contribution in [0.4, 0.5) is 0 Å². The van der Waals surface area contributed by atoms with E-state index in [1.54, 1.807) is 7.11 Å². The molecule has 0 atom stereocenters. The maximum atomic E-state index is 5.02. The summed E-state index contributed by atoms with van der Waals surface area (Å²) in [5.41, 5.74) is 0. The van der Waals surface area contributed by atoms with Crippen molar-refractivity contribution < 1.29 is 4.74 Å². The lowest BCUT2D eigenvalue weighted by molar-refractivity contribution is 0.160. The first kappa shape index (κ1) is 12.9. The topological polar surface area (TPSA) is 12.5 Å². The minimum Gasteiger partial charge on any atom is -0.383 e. The van der Waals surface area contributed by atoms with Gasteiger partial charge in [0.25, 0.3) is 0 Å². The van der Waals surface area contributed by atoms with Crippen molar-refractivity contribution in [1.29, 1.82) is 0 Å². The van der Waals surface area contributed by atoms with E-state index in [0.29, 0.717) is 0 Å². The van der Waals surface area contributed by atoms with Crippen LogP contribution in [0, 0.1) is 5.92 Å². The molecule has 0 aromatic heterocycles. The second-order valence-electron chi connectivity index (χ2n) is 4.19. The van der Waals surface area contributed by atoms with Gasteiger partial charge < -0.3 is 9.64 Å². The van der Waals surface area contributed by atoms with Gasteiger partial charge in [0.2, 0.25) is 0 Å². The van der Waals surface area contributed by atoms with E-state index in [2.05, 4.69) is 25.8 Å². The molecule has 0 radical (unpaired) electrons. The SMILES string of the molecule is COCCN(C)CCCCC(C)C. The molecule has 2 nitrogen and oxygen atoms in total. The number of hydrogen-bond acceptors (Lipinski definition) is 2. The Morgan fingerprint density at radius 3 is 2.38 bits per heavy atom. The van der Waals surface area contributed by atoms with Crippen LogP contribution in [0.5, 0.6) is 0 Å². The van der Waals surface area contributed by atoms with Gasteiger partial charge in [-0.1, -0.05) is 26.7 Å². The van der Waals surface area contributed by atoms with Crippen molar-refractivity contribution in [3.63, 3.8) is 0 Å². The molecule has 0 fully saturated rings. The second kappa shape index (κ2) is 8.52. The smallest absolute Gasteiger partial charge is 0.0589 e.